The normalized spacial score (nSPS) is 12.0. The van der Waals surface area contributed by atoms with Crippen molar-refractivity contribution in [2.45, 2.75) is 58.2 Å². The molecule has 0 fully saturated rings. The number of anilines is 1. The van der Waals surface area contributed by atoms with Crippen LogP contribution in [0.25, 0.3) is 22.4 Å². The Bertz CT molecular complexity index is 1030. The molecule has 0 atom stereocenters. The number of imidazole rings is 1. The minimum absolute atomic E-state index is 0.617. The zero-order valence-electron chi connectivity index (χ0n) is 19.7. The highest BCUT2D eigenvalue weighted by atomic mass is 28.3. The van der Waals surface area contributed by atoms with Crippen molar-refractivity contribution < 1.29 is 0 Å². The van der Waals surface area contributed by atoms with Gasteiger partial charge in [0.2, 0.25) is 0 Å². The molecule has 0 aliphatic rings. The van der Waals surface area contributed by atoms with Crippen LogP contribution >= 0.6 is 0 Å². The molecule has 0 unspecified atom stereocenters. The molecule has 0 saturated heterocycles. The Balaban J connectivity index is 2.14. The van der Waals surface area contributed by atoms with E-state index in [4.69, 9.17) is 4.98 Å². The maximum atomic E-state index is 4.78. The van der Waals surface area contributed by atoms with Crippen molar-refractivity contribution in [1.29, 1.82) is 0 Å². The van der Waals surface area contributed by atoms with Crippen molar-refractivity contribution >= 4 is 24.8 Å². The molecule has 4 heteroatoms. The molecule has 158 valence electrons. The van der Waals surface area contributed by atoms with Crippen LogP contribution in [0.3, 0.4) is 0 Å². The monoisotopic (exact) mass is 417 g/mol. The van der Waals surface area contributed by atoms with E-state index in [0.29, 0.717) is 16.6 Å². The number of aromatic nitrogens is 2. The Labute approximate surface area is 182 Å². The van der Waals surface area contributed by atoms with Crippen molar-refractivity contribution in [3.05, 3.63) is 48.0 Å². The molecule has 0 aliphatic heterocycles. The number of H-pyrrole nitrogens is 1. The van der Waals surface area contributed by atoms with Gasteiger partial charge in [-0.1, -0.05) is 59.6 Å². The van der Waals surface area contributed by atoms with Gasteiger partial charge in [-0.05, 0) is 47.0 Å². The van der Waals surface area contributed by atoms with E-state index in [0.717, 1.165) is 33.7 Å². The largest absolute Gasteiger partial charge is 0.377 e. The predicted molar refractivity (Wildman–Crippen MR) is 134 cm³/mol. The summed E-state index contributed by atoms with van der Waals surface area (Å²) in [5.41, 5.74) is 11.1. The van der Waals surface area contributed by atoms with Gasteiger partial charge in [0.05, 0.1) is 16.7 Å². The second-order valence-corrected chi connectivity index (χ2v) is 15.0. The molecule has 0 amide bonds. The van der Waals surface area contributed by atoms with E-state index in [-0.39, 0.29) is 0 Å². The fourth-order valence-corrected chi connectivity index (χ4v) is 10.1. The molecule has 2 aromatic carbocycles. The van der Waals surface area contributed by atoms with Gasteiger partial charge in [0.15, 0.2) is 0 Å². The van der Waals surface area contributed by atoms with E-state index < -0.39 is 8.07 Å². The number of para-hydroxylation sites is 2. The molecule has 1 heterocycles. The fraction of sp³-hybridized carbons (Fsp3) is 0.423. The van der Waals surface area contributed by atoms with Crippen LogP contribution in [0.1, 0.15) is 47.1 Å². The molecule has 3 rings (SSSR count). The first-order chi connectivity index (χ1) is 14.2. The summed E-state index contributed by atoms with van der Waals surface area (Å²) >= 11 is 0. The van der Waals surface area contributed by atoms with Gasteiger partial charge in [-0.25, -0.2) is 4.98 Å². The topological polar surface area (TPSA) is 31.9 Å². The number of hydrogen-bond acceptors (Lipinski definition) is 2. The Hall–Kier alpha value is -2.51. The Kier molecular flexibility index (Phi) is 6.43. The number of rotatable bonds is 5. The summed E-state index contributed by atoms with van der Waals surface area (Å²) in [6.07, 6.45) is 0. The highest BCUT2D eigenvalue weighted by Crippen LogP contribution is 2.41. The van der Waals surface area contributed by atoms with E-state index in [1.807, 2.05) is 18.2 Å². The summed E-state index contributed by atoms with van der Waals surface area (Å²) < 4.78 is 0. The lowest BCUT2D eigenvalue weighted by molar-refractivity contribution is 0.838. The van der Waals surface area contributed by atoms with E-state index in [2.05, 4.69) is 101 Å². The summed E-state index contributed by atoms with van der Waals surface area (Å²) in [5, 5.41) is 0. The number of benzene rings is 2. The molecule has 0 saturated carbocycles. The number of nitrogens with one attached hydrogen (secondary N) is 1. The highest BCUT2D eigenvalue weighted by molar-refractivity contribution is 6.90. The van der Waals surface area contributed by atoms with E-state index in [1.54, 1.807) is 0 Å². The van der Waals surface area contributed by atoms with Crippen molar-refractivity contribution in [3.8, 4) is 22.9 Å². The SMILES string of the molecule is CC(C)[Si](C#Cc1cc(-c2nc3ccccc3[nH]2)ccc1N(C)C)(C(C)C)C(C)C. The first kappa shape index (κ1) is 22.2. The van der Waals surface area contributed by atoms with Crippen LogP contribution in [-0.2, 0) is 0 Å². The number of nitrogens with zero attached hydrogens (tertiary/aromatic N) is 2. The first-order valence-corrected chi connectivity index (χ1v) is 13.2. The lowest BCUT2D eigenvalue weighted by atomic mass is 10.1. The lowest BCUT2D eigenvalue weighted by Crippen LogP contribution is -2.43. The molecule has 1 N–H and O–H groups in total. The molecule has 0 spiro atoms. The van der Waals surface area contributed by atoms with Crippen LogP contribution in [0.4, 0.5) is 5.69 Å². The van der Waals surface area contributed by atoms with Gasteiger partial charge in [-0.3, -0.25) is 0 Å². The summed E-state index contributed by atoms with van der Waals surface area (Å²) in [5.74, 6) is 4.55. The third-order valence-electron chi connectivity index (χ3n) is 6.42. The molecule has 0 aliphatic carbocycles. The fourth-order valence-electron chi connectivity index (χ4n) is 4.87. The van der Waals surface area contributed by atoms with E-state index >= 15 is 0 Å². The summed E-state index contributed by atoms with van der Waals surface area (Å²) in [7, 11) is 2.37. The van der Waals surface area contributed by atoms with Crippen molar-refractivity contribution in [2.24, 2.45) is 0 Å². The second kappa shape index (κ2) is 8.69. The molecule has 3 nitrogen and oxygen atoms in total. The maximum Gasteiger partial charge on any atom is 0.146 e. The average Bonchev–Trinajstić information content (AvgIpc) is 3.11. The summed E-state index contributed by atoms with van der Waals surface area (Å²) in [6.45, 7) is 14.2. The zero-order valence-corrected chi connectivity index (χ0v) is 20.7. The third-order valence-corrected chi connectivity index (χ3v) is 12.7. The first-order valence-electron chi connectivity index (χ1n) is 11.0. The number of hydrogen-bond donors (Lipinski definition) is 1. The lowest BCUT2D eigenvalue weighted by Gasteiger charge is -2.38. The van der Waals surface area contributed by atoms with Gasteiger partial charge in [-0.15, -0.1) is 5.54 Å². The van der Waals surface area contributed by atoms with Gasteiger partial charge in [0.25, 0.3) is 0 Å². The van der Waals surface area contributed by atoms with Crippen molar-refractivity contribution in [3.63, 3.8) is 0 Å². The molecule has 30 heavy (non-hydrogen) atoms. The van der Waals surface area contributed by atoms with Gasteiger partial charge in [0, 0.05) is 25.2 Å². The minimum Gasteiger partial charge on any atom is -0.377 e. The Morgan fingerprint density at radius 1 is 0.900 bits per heavy atom. The Morgan fingerprint density at radius 2 is 1.53 bits per heavy atom. The van der Waals surface area contributed by atoms with Crippen LogP contribution in [0.15, 0.2) is 42.5 Å². The average molecular weight is 418 g/mol. The van der Waals surface area contributed by atoms with Crippen LogP contribution < -0.4 is 4.90 Å². The van der Waals surface area contributed by atoms with Crippen molar-refractivity contribution in [2.75, 3.05) is 19.0 Å². The highest BCUT2D eigenvalue weighted by Gasteiger charge is 2.41. The quantitative estimate of drug-likeness (QED) is 0.363. The van der Waals surface area contributed by atoms with Gasteiger partial charge in [-0.2, -0.15) is 0 Å². The Morgan fingerprint density at radius 3 is 2.10 bits per heavy atom. The van der Waals surface area contributed by atoms with E-state index in [9.17, 15) is 0 Å². The maximum absolute atomic E-state index is 4.78. The predicted octanol–water partition coefficient (Wildman–Crippen LogP) is 6.87. The standard InChI is InChI=1S/C26H35N3Si/c1-18(2)30(19(3)4,20(5)6)16-15-21-17-22(13-14-25(21)29(7)8)26-27-23-11-9-10-12-24(23)28-26/h9-14,17-20H,1-8H3,(H,27,28). The van der Waals surface area contributed by atoms with Gasteiger partial charge in [0.1, 0.15) is 13.9 Å². The minimum atomic E-state index is -1.79. The molecule has 3 aromatic rings. The third kappa shape index (κ3) is 4.04. The molecule has 0 radical (unpaired) electrons. The second-order valence-electron chi connectivity index (χ2n) is 9.38. The summed E-state index contributed by atoms with van der Waals surface area (Å²) in [4.78, 5) is 10.4. The number of fused-ring (bicyclic) bond motifs is 1. The van der Waals surface area contributed by atoms with Crippen LogP contribution in [0.2, 0.25) is 16.6 Å². The van der Waals surface area contributed by atoms with Gasteiger partial charge >= 0.3 is 0 Å². The molecular weight excluding hydrogens is 382 g/mol. The zero-order chi connectivity index (χ0) is 22.1. The molecular formula is C26H35N3Si. The van der Waals surface area contributed by atoms with Crippen molar-refractivity contribution in [1.82, 2.24) is 9.97 Å². The summed E-state index contributed by atoms with van der Waals surface area (Å²) in [6, 6.07) is 14.6. The van der Waals surface area contributed by atoms with E-state index in [1.165, 1.54) is 0 Å². The van der Waals surface area contributed by atoms with Crippen LogP contribution in [-0.4, -0.2) is 32.1 Å². The van der Waals surface area contributed by atoms with Crippen LogP contribution in [0, 0.1) is 11.5 Å². The smallest absolute Gasteiger partial charge is 0.146 e. The number of aromatic amines is 1. The van der Waals surface area contributed by atoms with Gasteiger partial charge < -0.3 is 9.88 Å². The van der Waals surface area contributed by atoms with Crippen LogP contribution in [0.5, 0.6) is 0 Å². The molecule has 0 bridgehead atoms. The molecule has 1 aromatic heterocycles.